The van der Waals surface area contributed by atoms with Crippen molar-refractivity contribution in [1.82, 2.24) is 15.3 Å². The Balaban J connectivity index is 1.45. The van der Waals surface area contributed by atoms with E-state index < -0.39 is 0 Å². The molecule has 0 atom stereocenters. The predicted octanol–water partition coefficient (Wildman–Crippen LogP) is 5.10. The number of nitrogens with one attached hydrogen (secondary N) is 1. The quantitative estimate of drug-likeness (QED) is 0.567. The Morgan fingerprint density at radius 2 is 1.86 bits per heavy atom. The second-order valence-corrected chi connectivity index (χ2v) is 8.31. The van der Waals surface area contributed by atoms with Gasteiger partial charge in [-0.1, -0.05) is 35.3 Å². The summed E-state index contributed by atoms with van der Waals surface area (Å²) in [5.41, 5.74) is 1.31. The first kappa shape index (κ1) is 19.4. The van der Waals surface area contributed by atoms with E-state index in [1.165, 1.54) is 0 Å². The van der Waals surface area contributed by atoms with Crippen LogP contribution in [0.5, 0.6) is 0 Å². The van der Waals surface area contributed by atoms with E-state index in [9.17, 15) is 4.79 Å². The van der Waals surface area contributed by atoms with Crippen LogP contribution in [0.4, 0.5) is 5.82 Å². The average Bonchev–Trinajstić information content (AvgIpc) is 2.70. The summed E-state index contributed by atoms with van der Waals surface area (Å²) in [6.45, 7) is 1.60. The van der Waals surface area contributed by atoms with E-state index in [0.717, 1.165) is 47.1 Å². The summed E-state index contributed by atoms with van der Waals surface area (Å²) in [4.78, 5) is 23.7. The minimum Gasteiger partial charge on any atom is -0.356 e. The highest BCUT2D eigenvalue weighted by atomic mass is 79.9. The van der Waals surface area contributed by atoms with Gasteiger partial charge >= 0.3 is 0 Å². The lowest BCUT2D eigenvalue weighted by Gasteiger charge is -2.33. The molecule has 8 heteroatoms. The van der Waals surface area contributed by atoms with Gasteiger partial charge in [-0.2, -0.15) is 0 Å². The number of rotatable bonds is 3. The number of carbonyl (C=O) groups is 1. The fraction of sp³-hybridized carbons (Fsp3) is 0.250. The summed E-state index contributed by atoms with van der Waals surface area (Å²) >= 11 is 15.7. The Morgan fingerprint density at radius 1 is 1.11 bits per heavy atom. The second kappa shape index (κ2) is 8.23. The van der Waals surface area contributed by atoms with Crippen LogP contribution >= 0.6 is 39.1 Å². The van der Waals surface area contributed by atoms with Crippen LogP contribution in [0.25, 0.3) is 10.9 Å². The summed E-state index contributed by atoms with van der Waals surface area (Å²) in [5, 5.41) is 4.76. The van der Waals surface area contributed by atoms with Crippen molar-refractivity contribution in [1.29, 1.82) is 0 Å². The van der Waals surface area contributed by atoms with Gasteiger partial charge in [0, 0.05) is 29.0 Å². The molecule has 5 nitrogen and oxygen atoms in total. The normalized spacial score (nSPS) is 15.0. The van der Waals surface area contributed by atoms with Crippen molar-refractivity contribution in [3.63, 3.8) is 0 Å². The first-order chi connectivity index (χ1) is 13.5. The molecule has 1 amide bonds. The Morgan fingerprint density at radius 3 is 2.64 bits per heavy atom. The third-order valence-corrected chi connectivity index (χ3v) is 6.38. The maximum absolute atomic E-state index is 12.6. The van der Waals surface area contributed by atoms with Crippen molar-refractivity contribution in [3.8, 4) is 0 Å². The Bertz CT molecular complexity index is 1040. The highest BCUT2D eigenvalue weighted by Crippen LogP contribution is 2.30. The zero-order valence-corrected chi connectivity index (χ0v) is 17.9. The largest absolute Gasteiger partial charge is 0.356 e. The molecule has 144 valence electrons. The molecule has 1 fully saturated rings. The number of anilines is 1. The van der Waals surface area contributed by atoms with Crippen molar-refractivity contribution in [2.75, 3.05) is 18.0 Å². The van der Waals surface area contributed by atoms with Gasteiger partial charge in [0.15, 0.2) is 0 Å². The molecular formula is C20H17BrCl2N4O. The predicted molar refractivity (Wildman–Crippen MR) is 116 cm³/mol. The molecule has 3 aromatic rings. The standard InChI is InChI=1S/C20H17BrCl2N4O/c21-15-5-1-4-14-18(15)24-11-25-19(14)27-9-7-12(8-10-27)26-20(28)13-3-2-6-16(22)17(13)23/h1-6,11-12H,7-10H2,(H,26,28). The number of aromatic nitrogens is 2. The van der Waals surface area contributed by atoms with Crippen LogP contribution in [0.1, 0.15) is 23.2 Å². The number of piperidine rings is 1. The molecule has 2 aromatic carbocycles. The van der Waals surface area contributed by atoms with Gasteiger partial charge in [-0.25, -0.2) is 9.97 Å². The van der Waals surface area contributed by atoms with Crippen molar-refractivity contribution < 1.29 is 4.79 Å². The molecule has 0 bridgehead atoms. The molecule has 1 aliphatic heterocycles. The molecule has 1 aliphatic rings. The molecule has 2 heterocycles. The lowest BCUT2D eigenvalue weighted by molar-refractivity contribution is 0.0931. The van der Waals surface area contributed by atoms with Gasteiger partial charge in [0.25, 0.3) is 5.91 Å². The van der Waals surface area contributed by atoms with E-state index in [1.54, 1.807) is 24.5 Å². The van der Waals surface area contributed by atoms with Crippen molar-refractivity contribution in [3.05, 3.63) is 62.8 Å². The Labute approximate surface area is 181 Å². The number of carbonyl (C=O) groups excluding carboxylic acids is 1. The summed E-state index contributed by atoms with van der Waals surface area (Å²) < 4.78 is 0.953. The Kier molecular flexibility index (Phi) is 5.71. The van der Waals surface area contributed by atoms with Gasteiger partial charge in [-0.3, -0.25) is 4.79 Å². The first-order valence-corrected chi connectivity index (χ1v) is 10.5. The topological polar surface area (TPSA) is 58.1 Å². The first-order valence-electron chi connectivity index (χ1n) is 8.93. The molecule has 0 aliphatic carbocycles. The van der Waals surface area contributed by atoms with Crippen LogP contribution in [0.3, 0.4) is 0 Å². The van der Waals surface area contributed by atoms with E-state index in [4.69, 9.17) is 23.2 Å². The molecule has 1 saturated heterocycles. The highest BCUT2D eigenvalue weighted by Gasteiger charge is 2.24. The molecular weight excluding hydrogens is 463 g/mol. The molecule has 1 aromatic heterocycles. The van der Waals surface area contributed by atoms with Crippen molar-refractivity contribution in [2.24, 2.45) is 0 Å². The zero-order valence-electron chi connectivity index (χ0n) is 14.8. The lowest BCUT2D eigenvalue weighted by Crippen LogP contribution is -2.45. The van der Waals surface area contributed by atoms with Gasteiger partial charge in [0.05, 0.1) is 21.1 Å². The van der Waals surface area contributed by atoms with E-state index in [2.05, 4.69) is 36.1 Å². The molecule has 28 heavy (non-hydrogen) atoms. The van der Waals surface area contributed by atoms with Gasteiger partial charge in [0.2, 0.25) is 0 Å². The summed E-state index contributed by atoms with van der Waals surface area (Å²) in [6, 6.07) is 11.2. The number of hydrogen-bond acceptors (Lipinski definition) is 4. The van der Waals surface area contributed by atoms with E-state index in [0.29, 0.717) is 10.6 Å². The summed E-state index contributed by atoms with van der Waals surface area (Å²) in [7, 11) is 0. The maximum atomic E-state index is 12.6. The van der Waals surface area contributed by atoms with Gasteiger partial charge in [-0.05, 0) is 53.0 Å². The minimum absolute atomic E-state index is 0.0821. The monoisotopic (exact) mass is 478 g/mol. The third kappa shape index (κ3) is 3.81. The number of halogens is 3. The fourth-order valence-corrected chi connectivity index (χ4v) is 4.32. The van der Waals surface area contributed by atoms with E-state index in [1.807, 2.05) is 18.2 Å². The number of amides is 1. The zero-order chi connectivity index (χ0) is 19.7. The smallest absolute Gasteiger partial charge is 0.253 e. The van der Waals surface area contributed by atoms with Crippen molar-refractivity contribution in [2.45, 2.75) is 18.9 Å². The van der Waals surface area contributed by atoms with Crippen LogP contribution in [-0.2, 0) is 0 Å². The maximum Gasteiger partial charge on any atom is 0.253 e. The van der Waals surface area contributed by atoms with Gasteiger partial charge in [0.1, 0.15) is 12.1 Å². The average molecular weight is 480 g/mol. The van der Waals surface area contributed by atoms with Crippen molar-refractivity contribution >= 4 is 61.8 Å². The lowest BCUT2D eigenvalue weighted by atomic mass is 10.0. The molecule has 0 saturated carbocycles. The highest BCUT2D eigenvalue weighted by molar-refractivity contribution is 9.10. The number of benzene rings is 2. The van der Waals surface area contributed by atoms with Crippen LogP contribution in [-0.4, -0.2) is 35.0 Å². The summed E-state index contributed by atoms with van der Waals surface area (Å²) in [5.74, 6) is 0.733. The van der Waals surface area contributed by atoms with Crippen LogP contribution in [0.15, 0.2) is 47.2 Å². The molecule has 0 unspecified atom stereocenters. The van der Waals surface area contributed by atoms with Crippen LogP contribution < -0.4 is 10.2 Å². The fourth-order valence-electron chi connectivity index (χ4n) is 3.47. The SMILES string of the molecule is O=C(NC1CCN(c2ncnc3c(Br)cccc23)CC1)c1cccc(Cl)c1Cl. The minimum atomic E-state index is -0.192. The van der Waals surface area contributed by atoms with E-state index >= 15 is 0 Å². The van der Waals surface area contributed by atoms with Crippen LogP contribution in [0.2, 0.25) is 10.0 Å². The number of para-hydroxylation sites is 1. The van der Waals surface area contributed by atoms with Crippen LogP contribution in [0, 0.1) is 0 Å². The number of fused-ring (bicyclic) bond motifs is 1. The summed E-state index contributed by atoms with van der Waals surface area (Å²) in [6.07, 6.45) is 3.24. The molecule has 0 radical (unpaired) electrons. The number of nitrogens with zero attached hydrogens (tertiary/aromatic N) is 3. The third-order valence-electron chi connectivity index (χ3n) is 4.92. The second-order valence-electron chi connectivity index (χ2n) is 6.67. The van der Waals surface area contributed by atoms with Gasteiger partial charge < -0.3 is 10.2 Å². The Hall–Kier alpha value is -1.89. The molecule has 0 spiro atoms. The molecule has 1 N–H and O–H groups in total. The van der Waals surface area contributed by atoms with Gasteiger partial charge in [-0.15, -0.1) is 0 Å². The number of hydrogen-bond donors (Lipinski definition) is 1. The van der Waals surface area contributed by atoms with E-state index in [-0.39, 0.29) is 17.0 Å². The molecule has 4 rings (SSSR count).